The summed E-state index contributed by atoms with van der Waals surface area (Å²) in [5.41, 5.74) is -4.43. The molecular formula is C30H37F2NO4. The Labute approximate surface area is 217 Å². The molecule has 37 heavy (non-hydrogen) atoms. The lowest BCUT2D eigenvalue weighted by Gasteiger charge is -2.63. The first-order valence-corrected chi connectivity index (χ1v) is 13.3. The average molecular weight is 514 g/mol. The number of rotatable bonds is 5. The zero-order valence-electron chi connectivity index (χ0n) is 21.8. The van der Waals surface area contributed by atoms with E-state index in [0.717, 1.165) is 5.70 Å². The van der Waals surface area contributed by atoms with Crippen molar-refractivity contribution in [1.82, 2.24) is 4.90 Å². The van der Waals surface area contributed by atoms with Crippen molar-refractivity contribution in [2.75, 3.05) is 19.7 Å². The topological polar surface area (TPSA) is 77.8 Å². The molecule has 5 rings (SSSR count). The third-order valence-electron chi connectivity index (χ3n) is 10.9. The lowest BCUT2D eigenvalue weighted by molar-refractivity contribution is -0.211. The molecule has 1 heterocycles. The number of hydrogen-bond acceptors (Lipinski definition) is 5. The van der Waals surface area contributed by atoms with E-state index in [1.54, 1.807) is 13.0 Å². The minimum absolute atomic E-state index is 0.0238. The van der Waals surface area contributed by atoms with Crippen LogP contribution in [0.15, 0.2) is 60.4 Å². The van der Waals surface area contributed by atoms with Crippen LogP contribution in [0.3, 0.4) is 0 Å². The van der Waals surface area contributed by atoms with Gasteiger partial charge in [-0.25, -0.2) is 8.78 Å². The van der Waals surface area contributed by atoms with Crippen molar-refractivity contribution in [2.45, 2.75) is 58.0 Å². The summed E-state index contributed by atoms with van der Waals surface area (Å²) < 4.78 is 33.1. The number of nitrogens with zero attached hydrogens (tertiary/aromatic N) is 1. The van der Waals surface area contributed by atoms with Gasteiger partial charge in [0.1, 0.15) is 12.8 Å². The van der Waals surface area contributed by atoms with Crippen LogP contribution >= 0.6 is 0 Å². The normalized spacial score (nSPS) is 46.8. The van der Waals surface area contributed by atoms with Crippen molar-refractivity contribution in [3.63, 3.8) is 0 Å². The van der Waals surface area contributed by atoms with E-state index in [9.17, 15) is 19.8 Å². The molecule has 0 spiro atoms. The van der Waals surface area contributed by atoms with Crippen LogP contribution in [0.1, 0.15) is 40.0 Å². The molecule has 5 nitrogen and oxygen atoms in total. The number of ketones is 2. The molecule has 3 saturated carbocycles. The molecule has 0 aromatic heterocycles. The first-order chi connectivity index (χ1) is 17.4. The van der Waals surface area contributed by atoms with Crippen LogP contribution in [0, 0.1) is 34.0 Å². The standard InChI is InChI=1S/C30H37F2NO4/c1-5-7-8-19(6-2)33-15-18-11-21-22-13-24(31)23-12-20(35)9-10-27(23,3)30(22,32)25(36)14-28(21,4)29(18,17-33)26(37)16-34/h5-10,12,18,21-22,24-25,34,36H,1,11,13-17H2,2-4H3/b8-7-,19-6+/t18-,21-,22-,24-,25-,27-,28-,29+,30-/m0/s1. The molecule has 4 fully saturated rings. The van der Waals surface area contributed by atoms with Gasteiger partial charge in [-0.3, -0.25) is 9.59 Å². The summed E-state index contributed by atoms with van der Waals surface area (Å²) in [4.78, 5) is 27.8. The summed E-state index contributed by atoms with van der Waals surface area (Å²) in [6.45, 7) is 9.43. The summed E-state index contributed by atoms with van der Waals surface area (Å²) >= 11 is 0. The van der Waals surface area contributed by atoms with Gasteiger partial charge in [-0.05, 0) is 74.2 Å². The van der Waals surface area contributed by atoms with Crippen LogP contribution < -0.4 is 0 Å². The Morgan fingerprint density at radius 3 is 2.68 bits per heavy atom. The Hall–Kier alpha value is -2.38. The maximum Gasteiger partial charge on any atom is 0.178 e. The van der Waals surface area contributed by atoms with E-state index in [1.165, 1.54) is 18.2 Å². The lowest BCUT2D eigenvalue weighted by Crippen LogP contribution is -2.69. The predicted octanol–water partition coefficient (Wildman–Crippen LogP) is 4.04. The van der Waals surface area contributed by atoms with Gasteiger partial charge in [-0.15, -0.1) is 0 Å². The van der Waals surface area contributed by atoms with Crippen LogP contribution in [0.2, 0.25) is 0 Å². The highest BCUT2D eigenvalue weighted by molar-refractivity contribution is 6.01. The second-order valence-electron chi connectivity index (χ2n) is 12.0. The molecule has 0 aromatic rings. The molecular weight excluding hydrogens is 476 g/mol. The van der Waals surface area contributed by atoms with Crippen molar-refractivity contribution in [3.8, 4) is 0 Å². The Bertz CT molecular complexity index is 1160. The van der Waals surface area contributed by atoms with Crippen molar-refractivity contribution < 1.29 is 28.6 Å². The SMILES string of the molecule is C=C/C=C\C(=C/C)N1C[C@@H]2C[C@H]3[C@@H]4C[C@H](F)C5=CC(=O)C=C[C@]5(C)[C@@]4(F)[C@@H](O)C[C@]3(C)[C@]2(C(=O)CO)C1. The molecule has 0 radical (unpaired) electrons. The van der Waals surface area contributed by atoms with Crippen molar-refractivity contribution in [3.05, 3.63) is 60.4 Å². The highest BCUT2D eigenvalue weighted by Gasteiger charge is 2.78. The van der Waals surface area contributed by atoms with Crippen LogP contribution in [0.25, 0.3) is 0 Å². The number of carbonyl (C=O) groups excluding carboxylic acids is 2. The van der Waals surface area contributed by atoms with Gasteiger partial charge in [0.25, 0.3) is 0 Å². The molecule has 0 bridgehead atoms. The third kappa shape index (κ3) is 3.13. The van der Waals surface area contributed by atoms with Gasteiger partial charge in [-0.1, -0.05) is 37.8 Å². The second-order valence-corrected chi connectivity index (χ2v) is 12.0. The Balaban J connectivity index is 1.60. The molecule has 2 N–H and O–H groups in total. The van der Waals surface area contributed by atoms with E-state index in [4.69, 9.17) is 0 Å². The first-order valence-electron chi connectivity index (χ1n) is 13.3. The summed E-state index contributed by atoms with van der Waals surface area (Å²) in [5, 5.41) is 21.7. The minimum atomic E-state index is -2.17. The molecule has 200 valence electrons. The van der Waals surface area contributed by atoms with Crippen LogP contribution in [-0.4, -0.2) is 64.3 Å². The molecule has 5 aliphatic rings. The third-order valence-corrected chi connectivity index (χ3v) is 10.9. The number of fused-ring (bicyclic) bond motifs is 7. The molecule has 1 saturated heterocycles. The number of allylic oxidation sites excluding steroid dienone is 8. The first kappa shape index (κ1) is 26.2. The highest BCUT2D eigenvalue weighted by Crippen LogP contribution is 2.74. The van der Waals surface area contributed by atoms with Crippen LogP contribution in [-0.2, 0) is 9.59 Å². The predicted molar refractivity (Wildman–Crippen MR) is 137 cm³/mol. The lowest BCUT2D eigenvalue weighted by atomic mass is 9.43. The van der Waals surface area contributed by atoms with Crippen LogP contribution in [0.5, 0.6) is 0 Å². The fourth-order valence-corrected chi connectivity index (χ4v) is 9.17. The average Bonchev–Trinajstić information content (AvgIpc) is 3.35. The number of likely N-dealkylation sites (tertiary alicyclic amines) is 1. The smallest absolute Gasteiger partial charge is 0.178 e. The van der Waals surface area contributed by atoms with Gasteiger partial charge in [0, 0.05) is 30.1 Å². The quantitative estimate of drug-likeness (QED) is 0.543. The van der Waals surface area contributed by atoms with E-state index < -0.39 is 46.7 Å². The summed E-state index contributed by atoms with van der Waals surface area (Å²) in [6.07, 6.45) is 8.70. The zero-order valence-corrected chi connectivity index (χ0v) is 21.8. The van der Waals surface area contributed by atoms with E-state index in [2.05, 4.69) is 11.5 Å². The number of carbonyl (C=O) groups is 2. The number of alkyl halides is 2. The number of aliphatic hydroxyl groups excluding tert-OH is 2. The number of aliphatic hydroxyl groups is 2. The van der Waals surface area contributed by atoms with Gasteiger partial charge < -0.3 is 15.1 Å². The van der Waals surface area contributed by atoms with Gasteiger partial charge in [0.05, 0.1) is 11.5 Å². The van der Waals surface area contributed by atoms with E-state index >= 15 is 8.78 Å². The van der Waals surface area contributed by atoms with Gasteiger partial charge in [-0.2, -0.15) is 0 Å². The monoisotopic (exact) mass is 513 g/mol. The summed E-state index contributed by atoms with van der Waals surface area (Å²) in [7, 11) is 0. The molecule has 0 aromatic carbocycles. The molecule has 7 heteroatoms. The minimum Gasteiger partial charge on any atom is -0.390 e. The van der Waals surface area contributed by atoms with E-state index in [0.29, 0.717) is 19.5 Å². The number of hydrogen-bond donors (Lipinski definition) is 2. The molecule has 4 aliphatic carbocycles. The molecule has 0 unspecified atom stereocenters. The molecule has 1 aliphatic heterocycles. The Morgan fingerprint density at radius 2 is 2.03 bits per heavy atom. The molecule has 9 atom stereocenters. The second kappa shape index (κ2) is 8.57. The summed E-state index contributed by atoms with van der Waals surface area (Å²) in [6, 6.07) is 0. The highest BCUT2D eigenvalue weighted by atomic mass is 19.1. The van der Waals surface area contributed by atoms with Crippen LogP contribution in [0.4, 0.5) is 8.78 Å². The Morgan fingerprint density at radius 1 is 1.30 bits per heavy atom. The van der Waals surface area contributed by atoms with E-state index in [1.807, 2.05) is 32.1 Å². The molecule has 0 amide bonds. The largest absolute Gasteiger partial charge is 0.390 e. The van der Waals surface area contributed by atoms with E-state index in [-0.39, 0.29) is 41.8 Å². The van der Waals surface area contributed by atoms with Gasteiger partial charge in [0.15, 0.2) is 17.2 Å². The van der Waals surface area contributed by atoms with Gasteiger partial charge >= 0.3 is 0 Å². The van der Waals surface area contributed by atoms with Crippen molar-refractivity contribution in [2.24, 2.45) is 34.0 Å². The van der Waals surface area contributed by atoms with Crippen molar-refractivity contribution >= 4 is 11.6 Å². The Kier molecular flexibility index (Phi) is 6.07. The maximum atomic E-state index is 17.4. The zero-order chi connectivity index (χ0) is 27.0. The fourth-order valence-electron chi connectivity index (χ4n) is 9.17. The number of Topliss-reactive ketones (excluding diaryl/α,β-unsaturated/α-hetero) is 1. The fraction of sp³-hybridized carbons (Fsp3) is 0.600. The van der Waals surface area contributed by atoms with Gasteiger partial charge in [0.2, 0.25) is 0 Å². The summed E-state index contributed by atoms with van der Waals surface area (Å²) in [5.74, 6) is -2.03. The van der Waals surface area contributed by atoms with Crippen molar-refractivity contribution in [1.29, 1.82) is 0 Å². The number of halogens is 2. The maximum absolute atomic E-state index is 17.4.